The molecular formula is C23H32N4O. The van der Waals surface area contributed by atoms with Gasteiger partial charge >= 0.3 is 0 Å². The van der Waals surface area contributed by atoms with Crippen molar-refractivity contribution in [2.24, 2.45) is 0 Å². The van der Waals surface area contributed by atoms with Crippen molar-refractivity contribution in [1.82, 2.24) is 15.6 Å². The Labute approximate surface area is 168 Å². The molecule has 1 saturated carbocycles. The number of aromatic nitrogens is 1. The highest BCUT2D eigenvalue weighted by molar-refractivity contribution is 5.95. The number of carbonyl (C=O) groups excluding carboxylic acids is 1. The van der Waals surface area contributed by atoms with Gasteiger partial charge in [-0.05, 0) is 76.1 Å². The molecule has 2 unspecified atom stereocenters. The molecule has 2 aromatic rings. The number of hydrogen-bond acceptors (Lipinski definition) is 4. The second kappa shape index (κ2) is 8.74. The summed E-state index contributed by atoms with van der Waals surface area (Å²) in [5, 5.41) is 10.1. The molecule has 0 bridgehead atoms. The monoisotopic (exact) mass is 380 g/mol. The van der Waals surface area contributed by atoms with Gasteiger partial charge in [-0.25, -0.2) is 4.98 Å². The van der Waals surface area contributed by atoms with E-state index in [9.17, 15) is 4.79 Å². The van der Waals surface area contributed by atoms with Gasteiger partial charge in [0, 0.05) is 29.4 Å². The number of rotatable bonds is 5. The van der Waals surface area contributed by atoms with Crippen LogP contribution in [0, 0.1) is 0 Å². The summed E-state index contributed by atoms with van der Waals surface area (Å²) in [5.74, 6) is 0.829. The fraction of sp³-hybridized carbons (Fsp3) is 0.478. The molecule has 3 rings (SSSR count). The number of nitrogens with one attached hydrogen (secondary N) is 3. The van der Waals surface area contributed by atoms with Crippen LogP contribution in [0.25, 0.3) is 11.1 Å². The first kappa shape index (κ1) is 20.3. The normalized spacial score (nSPS) is 19.9. The summed E-state index contributed by atoms with van der Waals surface area (Å²) < 4.78 is 0. The van der Waals surface area contributed by atoms with Crippen LogP contribution >= 0.6 is 0 Å². The summed E-state index contributed by atoms with van der Waals surface area (Å²) in [6, 6.07) is 12.7. The number of nitrogens with zero attached hydrogens (tertiary/aromatic N) is 1. The maximum absolute atomic E-state index is 12.5. The largest absolute Gasteiger partial charge is 0.366 e. The van der Waals surface area contributed by atoms with Crippen molar-refractivity contribution in [3.63, 3.8) is 0 Å². The molecule has 0 saturated heterocycles. The van der Waals surface area contributed by atoms with E-state index in [-0.39, 0.29) is 11.4 Å². The Bertz CT molecular complexity index is 812. The van der Waals surface area contributed by atoms with Gasteiger partial charge in [0.15, 0.2) is 0 Å². The van der Waals surface area contributed by atoms with Crippen molar-refractivity contribution in [3.05, 3.63) is 48.2 Å². The summed E-state index contributed by atoms with van der Waals surface area (Å²) in [6.45, 7) is 5.96. The standard InChI is InChI=1S/C23H32N4O/c1-23(2,3)27-22(28)18-9-7-8-16(14-18)17-12-13-25-21(15-17)26-20-11-6-5-10-19(20)24-4/h7-9,12-15,19-20,24H,5-6,10-11H2,1-4H3,(H,25,26)(H,27,28). The molecule has 2 atom stereocenters. The molecule has 1 amide bonds. The highest BCUT2D eigenvalue weighted by atomic mass is 16.1. The number of anilines is 1. The highest BCUT2D eigenvalue weighted by Crippen LogP contribution is 2.25. The summed E-state index contributed by atoms with van der Waals surface area (Å²) >= 11 is 0. The summed E-state index contributed by atoms with van der Waals surface area (Å²) in [7, 11) is 2.03. The molecule has 3 N–H and O–H groups in total. The van der Waals surface area contributed by atoms with Crippen molar-refractivity contribution in [1.29, 1.82) is 0 Å². The molecule has 150 valence electrons. The van der Waals surface area contributed by atoms with E-state index in [1.54, 1.807) is 0 Å². The van der Waals surface area contributed by atoms with E-state index in [1.165, 1.54) is 19.3 Å². The Kier molecular flexibility index (Phi) is 6.35. The fourth-order valence-corrected chi connectivity index (χ4v) is 3.78. The van der Waals surface area contributed by atoms with E-state index in [4.69, 9.17) is 0 Å². The molecule has 5 nitrogen and oxygen atoms in total. The maximum Gasteiger partial charge on any atom is 0.251 e. The Morgan fingerprint density at radius 3 is 2.46 bits per heavy atom. The molecule has 28 heavy (non-hydrogen) atoms. The SMILES string of the molecule is CNC1CCCCC1Nc1cc(-c2cccc(C(=O)NC(C)(C)C)c2)ccn1. The first-order valence-corrected chi connectivity index (χ1v) is 10.2. The predicted molar refractivity (Wildman–Crippen MR) is 116 cm³/mol. The van der Waals surface area contributed by atoms with Crippen LogP contribution in [0.3, 0.4) is 0 Å². The minimum Gasteiger partial charge on any atom is -0.366 e. The van der Waals surface area contributed by atoms with Crippen LogP contribution in [0.4, 0.5) is 5.82 Å². The van der Waals surface area contributed by atoms with Gasteiger partial charge in [-0.1, -0.05) is 25.0 Å². The summed E-state index contributed by atoms with van der Waals surface area (Å²) in [5.41, 5.74) is 2.48. The fourth-order valence-electron chi connectivity index (χ4n) is 3.78. The molecule has 5 heteroatoms. The van der Waals surface area contributed by atoms with E-state index in [0.717, 1.165) is 23.4 Å². The third kappa shape index (κ3) is 5.32. The average Bonchev–Trinajstić information content (AvgIpc) is 2.67. The van der Waals surface area contributed by atoms with Gasteiger partial charge in [0.05, 0.1) is 0 Å². The maximum atomic E-state index is 12.5. The van der Waals surface area contributed by atoms with Crippen molar-refractivity contribution in [2.45, 2.75) is 64.1 Å². The molecule has 1 aromatic heterocycles. The lowest BCUT2D eigenvalue weighted by molar-refractivity contribution is 0.0919. The van der Waals surface area contributed by atoms with Crippen LogP contribution in [0.5, 0.6) is 0 Å². The number of hydrogen-bond donors (Lipinski definition) is 3. The highest BCUT2D eigenvalue weighted by Gasteiger charge is 2.23. The topological polar surface area (TPSA) is 66.0 Å². The van der Waals surface area contributed by atoms with Crippen LogP contribution in [-0.4, -0.2) is 35.6 Å². The zero-order valence-corrected chi connectivity index (χ0v) is 17.4. The Morgan fingerprint density at radius 1 is 1.04 bits per heavy atom. The molecule has 1 aliphatic rings. The molecule has 1 aliphatic carbocycles. The first-order chi connectivity index (χ1) is 13.4. The van der Waals surface area contributed by atoms with Gasteiger partial charge in [0.2, 0.25) is 0 Å². The Morgan fingerprint density at radius 2 is 1.75 bits per heavy atom. The van der Waals surface area contributed by atoms with Gasteiger partial charge < -0.3 is 16.0 Å². The van der Waals surface area contributed by atoms with Crippen molar-refractivity contribution < 1.29 is 4.79 Å². The zero-order chi connectivity index (χ0) is 20.1. The predicted octanol–water partition coefficient (Wildman–Crippen LogP) is 4.22. The van der Waals surface area contributed by atoms with E-state index >= 15 is 0 Å². The smallest absolute Gasteiger partial charge is 0.251 e. The zero-order valence-electron chi connectivity index (χ0n) is 17.4. The van der Waals surface area contributed by atoms with Crippen molar-refractivity contribution in [3.8, 4) is 11.1 Å². The molecule has 1 aromatic carbocycles. The van der Waals surface area contributed by atoms with Crippen LogP contribution in [0.15, 0.2) is 42.6 Å². The van der Waals surface area contributed by atoms with E-state index in [1.807, 2.05) is 64.3 Å². The minimum atomic E-state index is -0.259. The Balaban J connectivity index is 1.78. The summed E-state index contributed by atoms with van der Waals surface area (Å²) in [6.07, 6.45) is 6.70. The minimum absolute atomic E-state index is 0.0548. The lowest BCUT2D eigenvalue weighted by Crippen LogP contribution is -2.44. The lowest BCUT2D eigenvalue weighted by atomic mass is 9.90. The average molecular weight is 381 g/mol. The van der Waals surface area contributed by atoms with Gasteiger partial charge in [0.25, 0.3) is 5.91 Å². The van der Waals surface area contributed by atoms with Gasteiger partial charge in [-0.2, -0.15) is 0 Å². The Hall–Kier alpha value is -2.40. The van der Waals surface area contributed by atoms with Gasteiger partial charge in [0.1, 0.15) is 5.82 Å². The first-order valence-electron chi connectivity index (χ1n) is 10.2. The molecule has 0 radical (unpaired) electrons. The van der Waals surface area contributed by atoms with E-state index in [0.29, 0.717) is 17.6 Å². The molecule has 0 aliphatic heterocycles. The second-order valence-corrected chi connectivity index (χ2v) is 8.65. The number of pyridine rings is 1. The van der Waals surface area contributed by atoms with Crippen molar-refractivity contribution in [2.75, 3.05) is 12.4 Å². The third-order valence-electron chi connectivity index (χ3n) is 5.18. The molecule has 1 fully saturated rings. The quantitative estimate of drug-likeness (QED) is 0.727. The van der Waals surface area contributed by atoms with Crippen LogP contribution in [0.2, 0.25) is 0 Å². The molecule has 1 heterocycles. The van der Waals surface area contributed by atoms with Crippen LogP contribution in [-0.2, 0) is 0 Å². The van der Waals surface area contributed by atoms with Crippen LogP contribution in [0.1, 0.15) is 56.8 Å². The van der Waals surface area contributed by atoms with Crippen LogP contribution < -0.4 is 16.0 Å². The number of benzene rings is 1. The molecule has 0 spiro atoms. The van der Waals surface area contributed by atoms with Gasteiger partial charge in [-0.15, -0.1) is 0 Å². The number of carbonyl (C=O) groups is 1. The van der Waals surface area contributed by atoms with Crippen molar-refractivity contribution >= 4 is 11.7 Å². The number of likely N-dealkylation sites (N-methyl/N-ethyl adjacent to an activating group) is 1. The second-order valence-electron chi connectivity index (χ2n) is 8.65. The lowest BCUT2D eigenvalue weighted by Gasteiger charge is -2.32. The van der Waals surface area contributed by atoms with E-state index in [2.05, 4.69) is 27.0 Å². The summed E-state index contributed by atoms with van der Waals surface area (Å²) in [4.78, 5) is 17.0. The number of amides is 1. The third-order valence-corrected chi connectivity index (χ3v) is 5.18. The molecular weight excluding hydrogens is 348 g/mol. The van der Waals surface area contributed by atoms with Gasteiger partial charge in [-0.3, -0.25) is 4.79 Å². The van der Waals surface area contributed by atoms with E-state index < -0.39 is 0 Å².